The molecule has 2 aromatic heterocycles. The molecule has 0 bridgehead atoms. The van der Waals surface area contributed by atoms with Crippen molar-refractivity contribution in [2.24, 2.45) is 0 Å². The van der Waals surface area contributed by atoms with Gasteiger partial charge in [0.15, 0.2) is 23.2 Å². The Morgan fingerprint density at radius 3 is 2.47 bits per heavy atom. The second-order valence-electron chi connectivity index (χ2n) is 5.93. The van der Waals surface area contributed by atoms with E-state index in [4.69, 9.17) is 18.6 Å². The summed E-state index contributed by atoms with van der Waals surface area (Å²) < 4.78 is 21.6. The third-order valence-electron chi connectivity index (χ3n) is 3.99. The van der Waals surface area contributed by atoms with Gasteiger partial charge in [-0.25, -0.2) is 4.98 Å². The molecule has 2 heterocycles. The number of nitrogens with zero attached hydrogens (tertiary/aromatic N) is 4. The molecule has 0 saturated carbocycles. The summed E-state index contributed by atoms with van der Waals surface area (Å²) in [7, 11) is 4.54. The van der Waals surface area contributed by atoms with E-state index in [2.05, 4.69) is 15.2 Å². The fraction of sp³-hybridized carbons (Fsp3) is 0.316. The highest BCUT2D eigenvalue weighted by Gasteiger charge is 2.24. The molecule has 9 nitrogen and oxygen atoms in total. The van der Waals surface area contributed by atoms with Crippen LogP contribution >= 0.6 is 23.1 Å². The molecule has 0 fully saturated rings. The minimum Gasteiger partial charge on any atom is -0.493 e. The van der Waals surface area contributed by atoms with E-state index in [-0.39, 0.29) is 22.6 Å². The lowest BCUT2D eigenvalue weighted by Crippen LogP contribution is -2.13. The van der Waals surface area contributed by atoms with Crippen LogP contribution in [0.1, 0.15) is 16.6 Å². The number of thioether (sulfide) groups is 1. The van der Waals surface area contributed by atoms with Gasteiger partial charge in [0.2, 0.25) is 11.6 Å². The maximum atomic E-state index is 12.5. The average molecular weight is 447 g/mol. The Kier molecular flexibility index (Phi) is 6.91. The van der Waals surface area contributed by atoms with Crippen molar-refractivity contribution >= 4 is 28.9 Å². The first-order valence-electron chi connectivity index (χ1n) is 8.61. The van der Waals surface area contributed by atoms with Gasteiger partial charge in [0.25, 0.3) is 5.22 Å². The van der Waals surface area contributed by atoms with Gasteiger partial charge in [0, 0.05) is 16.6 Å². The second kappa shape index (κ2) is 9.60. The molecule has 0 saturated heterocycles. The van der Waals surface area contributed by atoms with E-state index >= 15 is 0 Å². The van der Waals surface area contributed by atoms with Gasteiger partial charge in [-0.1, -0.05) is 11.8 Å². The smallest absolute Gasteiger partial charge is 0.277 e. The zero-order chi connectivity index (χ0) is 21.7. The molecule has 1 atom stereocenters. The number of hydrogen-bond donors (Lipinski definition) is 0. The van der Waals surface area contributed by atoms with Crippen LogP contribution in [0.3, 0.4) is 0 Å². The highest BCUT2D eigenvalue weighted by molar-refractivity contribution is 7.99. The summed E-state index contributed by atoms with van der Waals surface area (Å²) in [4.78, 5) is 16.7. The molecule has 1 aromatic carbocycles. The number of thiazole rings is 1. The Morgan fingerprint density at radius 1 is 1.23 bits per heavy atom. The van der Waals surface area contributed by atoms with Crippen molar-refractivity contribution in [2.75, 3.05) is 27.1 Å². The molecule has 0 spiro atoms. The number of methoxy groups -OCH3 is 3. The van der Waals surface area contributed by atoms with Crippen molar-refractivity contribution in [3.63, 3.8) is 0 Å². The topological polar surface area (TPSA) is 120 Å². The third-order valence-corrected chi connectivity index (χ3v) is 5.86. The molecule has 1 unspecified atom stereocenters. The standard InChI is InChI=1S/C19H18N4O5S2/c1-10-8-29-18(21-10)12(7-20)13(24)9-30-19-23-22-17(28-19)11-5-14(25-2)16(27-4)15(6-11)26-3/h5-6,8,12H,9H2,1-4H3. The van der Waals surface area contributed by atoms with Crippen LogP contribution in [-0.4, -0.2) is 48.0 Å². The van der Waals surface area contributed by atoms with Gasteiger partial charge in [0.05, 0.1) is 33.2 Å². The van der Waals surface area contributed by atoms with Gasteiger partial charge >= 0.3 is 0 Å². The molecule has 0 aliphatic rings. The Hall–Kier alpha value is -3.10. The lowest BCUT2D eigenvalue weighted by Gasteiger charge is -2.12. The zero-order valence-corrected chi connectivity index (χ0v) is 18.3. The maximum absolute atomic E-state index is 12.5. The summed E-state index contributed by atoms with van der Waals surface area (Å²) in [5, 5.41) is 19.8. The SMILES string of the molecule is COc1cc(-c2nnc(SCC(=O)C(C#N)c3nc(C)cs3)o2)cc(OC)c1OC. The Morgan fingerprint density at radius 2 is 1.93 bits per heavy atom. The van der Waals surface area contributed by atoms with Crippen LogP contribution in [0, 0.1) is 18.3 Å². The number of carbonyl (C=O) groups excluding carboxylic acids is 1. The van der Waals surface area contributed by atoms with Crippen LogP contribution in [-0.2, 0) is 4.79 Å². The Labute approximate surface area is 181 Å². The Balaban J connectivity index is 1.74. The van der Waals surface area contributed by atoms with E-state index in [9.17, 15) is 10.1 Å². The molecule has 156 valence electrons. The van der Waals surface area contributed by atoms with E-state index in [0.717, 1.165) is 17.5 Å². The van der Waals surface area contributed by atoms with Crippen LogP contribution in [0.25, 0.3) is 11.5 Å². The molecule has 30 heavy (non-hydrogen) atoms. The van der Waals surface area contributed by atoms with Gasteiger partial charge in [-0.15, -0.1) is 21.5 Å². The summed E-state index contributed by atoms with van der Waals surface area (Å²) in [5.41, 5.74) is 1.35. The molecule has 0 N–H and O–H groups in total. The number of Topliss-reactive ketones (excluding diaryl/α,β-unsaturated/α-hetero) is 1. The third kappa shape index (κ3) is 4.55. The first-order valence-corrected chi connectivity index (χ1v) is 10.5. The number of carbonyl (C=O) groups is 1. The largest absolute Gasteiger partial charge is 0.493 e. The van der Waals surface area contributed by atoms with Gasteiger partial charge in [-0.05, 0) is 19.1 Å². The summed E-state index contributed by atoms with van der Waals surface area (Å²) in [6.07, 6.45) is 0. The van der Waals surface area contributed by atoms with Crippen molar-refractivity contribution in [1.82, 2.24) is 15.2 Å². The molecular formula is C19H18N4O5S2. The first kappa shape index (κ1) is 21.6. The van der Waals surface area contributed by atoms with E-state index in [1.165, 1.54) is 32.7 Å². The van der Waals surface area contributed by atoms with Crippen molar-refractivity contribution in [3.05, 3.63) is 28.2 Å². The lowest BCUT2D eigenvalue weighted by atomic mass is 10.1. The number of hydrogen-bond acceptors (Lipinski definition) is 11. The molecule has 0 aliphatic heterocycles. The van der Waals surface area contributed by atoms with Crippen LogP contribution in [0.4, 0.5) is 0 Å². The molecule has 11 heteroatoms. The summed E-state index contributed by atoms with van der Waals surface area (Å²) in [6, 6.07) is 5.38. The molecule has 0 radical (unpaired) electrons. The monoisotopic (exact) mass is 446 g/mol. The number of rotatable bonds is 9. The fourth-order valence-electron chi connectivity index (χ4n) is 2.58. The van der Waals surface area contributed by atoms with Crippen LogP contribution in [0.5, 0.6) is 17.2 Å². The summed E-state index contributed by atoms with van der Waals surface area (Å²) in [6.45, 7) is 1.82. The predicted octanol–water partition coefficient (Wildman–Crippen LogP) is 3.50. The van der Waals surface area contributed by atoms with E-state index < -0.39 is 5.92 Å². The highest BCUT2D eigenvalue weighted by Crippen LogP contribution is 2.41. The predicted molar refractivity (Wildman–Crippen MR) is 110 cm³/mol. The van der Waals surface area contributed by atoms with Crippen LogP contribution in [0.2, 0.25) is 0 Å². The summed E-state index contributed by atoms with van der Waals surface area (Å²) >= 11 is 2.36. The number of nitriles is 1. The summed E-state index contributed by atoms with van der Waals surface area (Å²) in [5.74, 6) is 0.404. The second-order valence-corrected chi connectivity index (χ2v) is 7.75. The molecule has 3 rings (SSSR count). The van der Waals surface area contributed by atoms with Crippen molar-refractivity contribution < 1.29 is 23.4 Å². The minimum atomic E-state index is -0.909. The lowest BCUT2D eigenvalue weighted by molar-refractivity contribution is -0.116. The van der Waals surface area contributed by atoms with Gasteiger partial charge in [0.1, 0.15) is 5.01 Å². The number of aryl methyl sites for hydroxylation is 1. The van der Waals surface area contributed by atoms with E-state index in [0.29, 0.717) is 27.8 Å². The highest BCUT2D eigenvalue weighted by atomic mass is 32.2. The van der Waals surface area contributed by atoms with Crippen molar-refractivity contribution in [1.29, 1.82) is 5.26 Å². The number of benzene rings is 1. The average Bonchev–Trinajstić information content (AvgIpc) is 3.41. The Bertz CT molecular complexity index is 1060. The molecule has 3 aromatic rings. The molecule has 0 amide bonds. The van der Waals surface area contributed by atoms with Crippen molar-refractivity contribution in [2.45, 2.75) is 18.1 Å². The fourth-order valence-corrected chi connectivity index (χ4v) is 4.10. The van der Waals surface area contributed by atoms with Crippen LogP contribution < -0.4 is 14.2 Å². The quantitative estimate of drug-likeness (QED) is 0.452. The number of ketones is 1. The molecule has 0 aliphatic carbocycles. The zero-order valence-electron chi connectivity index (χ0n) is 16.7. The van der Waals surface area contributed by atoms with Gasteiger partial charge in [-0.3, -0.25) is 4.79 Å². The van der Waals surface area contributed by atoms with Gasteiger partial charge < -0.3 is 18.6 Å². The van der Waals surface area contributed by atoms with Gasteiger partial charge in [-0.2, -0.15) is 5.26 Å². The van der Waals surface area contributed by atoms with E-state index in [1.54, 1.807) is 12.1 Å². The van der Waals surface area contributed by atoms with E-state index in [1.807, 2.05) is 18.4 Å². The normalized spacial score (nSPS) is 11.6. The first-order chi connectivity index (χ1) is 14.5. The molecular weight excluding hydrogens is 428 g/mol. The maximum Gasteiger partial charge on any atom is 0.277 e. The van der Waals surface area contributed by atoms with Crippen LogP contribution in [0.15, 0.2) is 27.2 Å². The number of aromatic nitrogens is 3. The minimum absolute atomic E-state index is 0.00768. The van der Waals surface area contributed by atoms with Crippen molar-refractivity contribution in [3.8, 4) is 34.8 Å². The number of ether oxygens (including phenoxy) is 3.